The van der Waals surface area contributed by atoms with Crippen LogP contribution in [0.2, 0.25) is 0 Å². The van der Waals surface area contributed by atoms with Crippen LogP contribution in [-0.2, 0) is 13.3 Å². The molecule has 0 radical (unpaired) electrons. The summed E-state index contributed by atoms with van der Waals surface area (Å²) in [7, 11) is 0. The Morgan fingerprint density at radius 1 is 1.07 bits per heavy atom. The molecule has 0 saturated carbocycles. The molecule has 0 aromatic carbocycles. The van der Waals surface area contributed by atoms with Gasteiger partial charge >= 0.3 is 101 Å². The van der Waals surface area contributed by atoms with Crippen LogP contribution in [0.1, 0.15) is 7.13 Å². The van der Waals surface area contributed by atoms with Crippen molar-refractivity contribution in [1.29, 1.82) is 0 Å². The molecule has 0 atom stereocenters. The van der Waals surface area contributed by atoms with Crippen molar-refractivity contribution in [2.45, 2.75) is 0 Å². The number of carbonyl (C=O) groups excluding carboxylic acids is 1. The molecule has 0 unspecified atom stereocenters. The molecule has 0 heterocycles. The molecule has 2 N–H and O–H groups in total. The molecule has 8 nitrogen and oxygen atoms in total. The average molecular weight is 263 g/mol. The fourth-order valence-electron chi connectivity index (χ4n) is 0.163. The van der Waals surface area contributed by atoms with Gasteiger partial charge in [0.1, 0.15) is 0 Å². The standard InChI is InChI=1S/C3H2O7.Al.Ca.Mg.O.5H/c4-1(5)9-3(8)10-2(6)7;;;;;;;;;/h(H,4,5)(H,6,7);;;;;;;;;/q;;2*+2;;;4*-1/p+1. The molecule has 14 heavy (non-hydrogen) atoms. The van der Waals surface area contributed by atoms with Crippen LogP contribution in [0.25, 0.3) is 0 Å². The van der Waals surface area contributed by atoms with Crippen LogP contribution in [0, 0.1) is 0 Å². The average Bonchev–Trinajstić information content (AvgIpc) is 1.87. The first-order chi connectivity index (χ1) is 5.52. The Morgan fingerprint density at radius 3 is 1.43 bits per heavy atom. The van der Waals surface area contributed by atoms with Gasteiger partial charge in [-0.1, -0.05) is 0 Å². The van der Waals surface area contributed by atoms with Gasteiger partial charge in [-0.3, -0.25) is 0 Å². The minimum atomic E-state index is -1.92. The zero-order valence-electron chi connectivity index (χ0n) is 12.0. The molecule has 0 fully saturated rings. The van der Waals surface area contributed by atoms with Crippen LogP contribution >= 0.6 is 0 Å². The summed E-state index contributed by atoms with van der Waals surface area (Å²) >= 11 is 0.611. The second-order valence-electron chi connectivity index (χ2n) is 0.986. The van der Waals surface area contributed by atoms with Crippen LogP contribution in [0.5, 0.6) is 0 Å². The van der Waals surface area contributed by atoms with Crippen LogP contribution in [0.3, 0.4) is 0 Å². The molecule has 0 aliphatic heterocycles. The predicted octanol–water partition coefficient (Wildman–Crippen LogP) is -0.471. The number of carbonyl (C=O) groups is 3. The van der Waals surface area contributed by atoms with E-state index in [0.717, 1.165) is 0 Å². The molecular weight excluding hydrogens is 255 g/mol. The minimum absolute atomic E-state index is 0. The molecule has 0 aliphatic rings. The Labute approximate surface area is 139 Å². The zero-order chi connectivity index (χ0) is 10.1. The SMILES string of the molecule is O=C(O)OC(=O)OC(=O)O.[Ca+2].[H+].[H-].[H-].[H-].[H-].[Mg+2].[O]=[AlH]. The van der Waals surface area contributed by atoms with Gasteiger partial charge in [-0.2, -0.15) is 0 Å². The van der Waals surface area contributed by atoms with E-state index in [1.807, 2.05) is 0 Å². The number of hydrogen-bond donors (Lipinski definition) is 2. The van der Waals surface area contributed by atoms with E-state index < -0.39 is 18.5 Å². The van der Waals surface area contributed by atoms with E-state index in [2.05, 4.69) is 9.47 Å². The third-order valence-electron chi connectivity index (χ3n) is 0.341. The van der Waals surface area contributed by atoms with Gasteiger partial charge < -0.3 is 25.4 Å². The topological polar surface area (TPSA) is 127 Å². The van der Waals surface area contributed by atoms with Crippen LogP contribution < -0.4 is 0 Å². The van der Waals surface area contributed by atoms with Gasteiger partial charge in [0.15, 0.2) is 0 Å². The zero-order valence-corrected chi connectivity index (χ0v) is 12.0. The van der Waals surface area contributed by atoms with E-state index >= 15 is 0 Å². The van der Waals surface area contributed by atoms with Crippen molar-refractivity contribution >= 4 is 95.5 Å². The van der Waals surface area contributed by atoms with Crippen molar-refractivity contribution in [1.82, 2.24) is 0 Å². The van der Waals surface area contributed by atoms with Gasteiger partial charge in [0.05, 0.1) is 0 Å². The quantitative estimate of drug-likeness (QED) is 0.341. The molecule has 0 rings (SSSR count). The summed E-state index contributed by atoms with van der Waals surface area (Å²) in [4.78, 5) is 28.8. The van der Waals surface area contributed by atoms with Gasteiger partial charge in [0, 0.05) is 0 Å². The number of hydrogen-bond acceptors (Lipinski definition) is 6. The Bertz CT molecular complexity index is 195. The van der Waals surface area contributed by atoms with Gasteiger partial charge in [-0.15, -0.1) is 0 Å². The van der Waals surface area contributed by atoms with Crippen molar-refractivity contribution in [2.24, 2.45) is 0 Å². The van der Waals surface area contributed by atoms with Crippen LogP contribution in [0.4, 0.5) is 14.4 Å². The summed E-state index contributed by atoms with van der Waals surface area (Å²) in [5.41, 5.74) is 0. The first kappa shape index (κ1) is 24.0. The van der Waals surface area contributed by atoms with E-state index in [4.69, 9.17) is 14.0 Å². The second kappa shape index (κ2) is 16.0. The van der Waals surface area contributed by atoms with E-state index in [-0.39, 0.29) is 67.9 Å². The van der Waals surface area contributed by atoms with E-state index in [1.54, 1.807) is 0 Å². The van der Waals surface area contributed by atoms with Gasteiger partial charge in [0.2, 0.25) is 0 Å². The Morgan fingerprint density at radius 2 is 1.29 bits per heavy atom. The van der Waals surface area contributed by atoms with Crippen molar-refractivity contribution in [3.63, 3.8) is 0 Å². The fourth-order valence-corrected chi connectivity index (χ4v) is 0.163. The maximum absolute atomic E-state index is 9.86. The molecule has 0 spiro atoms. The molecule has 0 saturated heterocycles. The molecule has 0 aliphatic carbocycles. The number of carboxylic acid groups (broad SMARTS) is 2. The van der Waals surface area contributed by atoms with Gasteiger partial charge in [-0.05, 0) is 0 Å². The molecular formula is C3H8AlCaMgO8+. The Kier molecular flexibility index (Phi) is 27.5. The van der Waals surface area contributed by atoms with E-state index in [9.17, 15) is 14.4 Å². The molecule has 11 heteroatoms. The van der Waals surface area contributed by atoms with Crippen LogP contribution in [-0.4, -0.2) is 106 Å². The molecule has 74 valence electrons. The van der Waals surface area contributed by atoms with Crippen molar-refractivity contribution < 1.29 is 45.0 Å². The van der Waals surface area contributed by atoms with Gasteiger partial charge in [-0.25, -0.2) is 14.4 Å². The van der Waals surface area contributed by atoms with E-state index in [1.165, 1.54) is 0 Å². The summed E-state index contributed by atoms with van der Waals surface area (Å²) < 4.78 is 14.7. The summed E-state index contributed by atoms with van der Waals surface area (Å²) in [5, 5.41) is 15.4. The molecule has 0 aromatic rings. The summed E-state index contributed by atoms with van der Waals surface area (Å²) in [6.07, 6.45) is -5.64. The number of rotatable bonds is 0. The molecule has 0 bridgehead atoms. The Balaban J connectivity index is -0.0000000151. The maximum atomic E-state index is 9.86. The third-order valence-corrected chi connectivity index (χ3v) is 0.341. The van der Waals surface area contributed by atoms with Crippen molar-refractivity contribution in [2.75, 3.05) is 0 Å². The first-order valence-electron chi connectivity index (χ1n) is 2.16. The monoisotopic (exact) mass is 263 g/mol. The summed E-state index contributed by atoms with van der Waals surface area (Å²) in [6.45, 7) is 0. The first-order valence-corrected chi connectivity index (χ1v) is 2.74. The normalized spacial score (nSPS) is 5.93. The number of ether oxygens (including phenoxy) is 2. The fraction of sp³-hybridized carbons (Fsp3) is 0. The van der Waals surface area contributed by atoms with E-state index in [0.29, 0.717) is 16.2 Å². The summed E-state index contributed by atoms with van der Waals surface area (Å²) in [5.74, 6) is 0. The Hall–Kier alpha value is 0.568. The summed E-state index contributed by atoms with van der Waals surface area (Å²) in [6, 6.07) is 0. The van der Waals surface area contributed by atoms with Crippen molar-refractivity contribution in [3.8, 4) is 0 Å². The third kappa shape index (κ3) is 22.9. The molecule has 0 amide bonds. The predicted molar refractivity (Wildman–Crippen MR) is 48.5 cm³/mol. The second-order valence-corrected chi connectivity index (χ2v) is 0.986. The van der Waals surface area contributed by atoms with Crippen LogP contribution in [0.15, 0.2) is 0 Å². The van der Waals surface area contributed by atoms with Crippen molar-refractivity contribution in [3.05, 3.63) is 0 Å². The molecule has 0 aromatic heterocycles. The van der Waals surface area contributed by atoms with Gasteiger partial charge in [0.25, 0.3) is 0 Å².